The number of fused-ring (bicyclic) bond motifs is 4. The van der Waals surface area contributed by atoms with Gasteiger partial charge in [-0.15, -0.1) is 11.3 Å². The predicted octanol–water partition coefficient (Wildman–Crippen LogP) is 4.55. The van der Waals surface area contributed by atoms with Gasteiger partial charge in [-0.1, -0.05) is 72.8 Å². The molecule has 0 aliphatic rings. The fraction of sp³-hybridized carbons (Fsp3) is 0. The number of benzene rings is 4. The summed E-state index contributed by atoms with van der Waals surface area (Å²) in [4.78, 5) is 0. The summed E-state index contributed by atoms with van der Waals surface area (Å²) in [6, 6.07) is 26.6. The minimum Gasteiger partial charge on any atom is -0.423 e. The first kappa shape index (κ1) is 15.6. The molecule has 2 nitrogen and oxygen atoms in total. The maximum absolute atomic E-state index is 9.71. The quantitative estimate of drug-likeness (QED) is 0.457. The highest BCUT2D eigenvalue weighted by Gasteiger charge is 2.18. The summed E-state index contributed by atoms with van der Waals surface area (Å²) in [5, 5.41) is 23.9. The molecule has 1 heterocycles. The van der Waals surface area contributed by atoms with Crippen molar-refractivity contribution in [1.82, 2.24) is 0 Å². The van der Waals surface area contributed by atoms with E-state index in [9.17, 15) is 10.0 Å². The van der Waals surface area contributed by atoms with Gasteiger partial charge in [0.15, 0.2) is 0 Å². The first-order valence-electron chi connectivity index (χ1n) is 8.52. The Labute approximate surface area is 155 Å². The van der Waals surface area contributed by atoms with E-state index >= 15 is 0 Å². The van der Waals surface area contributed by atoms with Crippen LogP contribution in [0.2, 0.25) is 0 Å². The molecule has 0 amide bonds. The zero-order valence-corrected chi connectivity index (χ0v) is 14.7. The fourth-order valence-electron chi connectivity index (χ4n) is 3.74. The van der Waals surface area contributed by atoms with E-state index < -0.39 is 7.12 Å². The Hall–Kier alpha value is -2.66. The Balaban J connectivity index is 1.88. The van der Waals surface area contributed by atoms with Crippen molar-refractivity contribution < 1.29 is 10.0 Å². The molecule has 0 saturated carbocycles. The first-order chi connectivity index (χ1) is 12.7. The van der Waals surface area contributed by atoms with E-state index in [0.717, 1.165) is 16.3 Å². The summed E-state index contributed by atoms with van der Waals surface area (Å²) in [5.41, 5.74) is 2.83. The van der Waals surface area contributed by atoms with E-state index in [1.165, 1.54) is 25.7 Å². The molecule has 0 fully saturated rings. The lowest BCUT2D eigenvalue weighted by Gasteiger charge is -2.12. The van der Waals surface area contributed by atoms with Gasteiger partial charge in [-0.05, 0) is 27.9 Å². The third-order valence-corrected chi connectivity index (χ3v) is 6.15. The molecule has 0 unspecified atom stereocenters. The highest BCUT2D eigenvalue weighted by Crippen LogP contribution is 2.41. The van der Waals surface area contributed by atoms with Gasteiger partial charge in [-0.2, -0.15) is 0 Å². The van der Waals surface area contributed by atoms with Crippen LogP contribution < -0.4 is 5.46 Å². The summed E-state index contributed by atoms with van der Waals surface area (Å²) in [6.07, 6.45) is 0. The number of thiophene rings is 1. The molecule has 0 aliphatic carbocycles. The van der Waals surface area contributed by atoms with Crippen LogP contribution in [0.1, 0.15) is 0 Å². The highest BCUT2D eigenvalue weighted by molar-refractivity contribution is 7.26. The molecule has 0 radical (unpaired) electrons. The van der Waals surface area contributed by atoms with Crippen molar-refractivity contribution in [2.75, 3.05) is 0 Å². The van der Waals surface area contributed by atoms with Gasteiger partial charge in [-0.25, -0.2) is 0 Å². The molecule has 124 valence electrons. The average Bonchev–Trinajstić information content (AvgIpc) is 3.06. The zero-order valence-electron chi connectivity index (χ0n) is 13.9. The Morgan fingerprint density at radius 1 is 0.577 bits per heavy atom. The van der Waals surface area contributed by atoms with E-state index in [2.05, 4.69) is 42.5 Å². The van der Waals surface area contributed by atoms with E-state index in [4.69, 9.17) is 0 Å². The van der Waals surface area contributed by atoms with Crippen molar-refractivity contribution in [3.63, 3.8) is 0 Å². The molecule has 0 saturated heterocycles. The van der Waals surface area contributed by atoms with Gasteiger partial charge in [0.1, 0.15) is 0 Å². The summed E-state index contributed by atoms with van der Waals surface area (Å²) in [7, 11) is -1.48. The van der Waals surface area contributed by atoms with Crippen LogP contribution in [0.3, 0.4) is 0 Å². The van der Waals surface area contributed by atoms with Crippen LogP contribution >= 0.6 is 11.3 Å². The molecular weight excluding hydrogens is 339 g/mol. The van der Waals surface area contributed by atoms with Crippen LogP contribution in [0.25, 0.3) is 42.1 Å². The number of hydrogen-bond donors (Lipinski definition) is 2. The molecule has 26 heavy (non-hydrogen) atoms. The largest absolute Gasteiger partial charge is 0.489 e. The van der Waals surface area contributed by atoms with Crippen LogP contribution in [0.4, 0.5) is 0 Å². The van der Waals surface area contributed by atoms with Crippen LogP contribution in [0.5, 0.6) is 0 Å². The summed E-state index contributed by atoms with van der Waals surface area (Å²) in [6.45, 7) is 0. The van der Waals surface area contributed by atoms with Gasteiger partial charge in [0.25, 0.3) is 0 Å². The van der Waals surface area contributed by atoms with Crippen LogP contribution in [0.15, 0.2) is 78.9 Å². The molecule has 4 aromatic carbocycles. The van der Waals surface area contributed by atoms with Crippen LogP contribution in [-0.2, 0) is 0 Å². The second-order valence-electron chi connectivity index (χ2n) is 6.40. The predicted molar refractivity (Wildman–Crippen MR) is 112 cm³/mol. The molecule has 0 aliphatic heterocycles. The van der Waals surface area contributed by atoms with Gasteiger partial charge in [0.05, 0.1) is 0 Å². The molecular formula is C22H15BO2S. The average molecular weight is 354 g/mol. The van der Waals surface area contributed by atoms with Gasteiger partial charge >= 0.3 is 7.12 Å². The molecule has 5 aromatic rings. The Morgan fingerprint density at radius 3 is 2.08 bits per heavy atom. The third kappa shape index (κ3) is 2.27. The second-order valence-corrected chi connectivity index (χ2v) is 7.45. The molecule has 0 atom stereocenters. The van der Waals surface area contributed by atoms with Crippen LogP contribution in [-0.4, -0.2) is 17.2 Å². The van der Waals surface area contributed by atoms with Gasteiger partial charge < -0.3 is 10.0 Å². The lowest BCUT2D eigenvalue weighted by Crippen LogP contribution is -2.30. The van der Waals surface area contributed by atoms with Crippen molar-refractivity contribution in [1.29, 1.82) is 0 Å². The molecule has 1 aromatic heterocycles. The van der Waals surface area contributed by atoms with Crippen molar-refractivity contribution >= 4 is 54.9 Å². The number of hydrogen-bond acceptors (Lipinski definition) is 3. The zero-order chi connectivity index (χ0) is 17.7. The topological polar surface area (TPSA) is 40.5 Å². The van der Waals surface area contributed by atoms with E-state index in [1.807, 2.05) is 36.4 Å². The third-order valence-electron chi connectivity index (χ3n) is 4.93. The second kappa shape index (κ2) is 5.96. The Kier molecular flexibility index (Phi) is 3.57. The standard InChI is InChI=1S/C22H15BO2S/c24-23(25)20-13-12-15(14-6-1-2-7-16(14)20)18-9-5-10-19-17-8-3-4-11-21(17)26-22(18)19/h1-13,24-25H. The molecule has 2 N–H and O–H groups in total. The van der Waals surface area contributed by atoms with Gasteiger partial charge in [0.2, 0.25) is 0 Å². The van der Waals surface area contributed by atoms with Crippen LogP contribution in [0, 0.1) is 0 Å². The fourth-order valence-corrected chi connectivity index (χ4v) is 4.97. The molecule has 0 bridgehead atoms. The summed E-state index contributed by atoms with van der Waals surface area (Å²) >= 11 is 1.80. The normalized spacial score (nSPS) is 11.5. The van der Waals surface area contributed by atoms with Gasteiger partial charge in [0, 0.05) is 25.7 Å². The van der Waals surface area contributed by atoms with E-state index in [-0.39, 0.29) is 0 Å². The van der Waals surface area contributed by atoms with Gasteiger partial charge in [-0.3, -0.25) is 0 Å². The minimum atomic E-state index is -1.48. The monoisotopic (exact) mass is 354 g/mol. The van der Waals surface area contributed by atoms with Crippen molar-refractivity contribution in [3.05, 3.63) is 78.9 Å². The molecule has 5 rings (SSSR count). The Bertz CT molecular complexity index is 1270. The lowest BCUT2D eigenvalue weighted by atomic mass is 9.76. The Morgan fingerprint density at radius 2 is 1.27 bits per heavy atom. The maximum atomic E-state index is 9.71. The van der Waals surface area contributed by atoms with E-state index in [1.54, 1.807) is 11.3 Å². The summed E-state index contributed by atoms with van der Waals surface area (Å²) < 4.78 is 2.54. The first-order valence-corrected chi connectivity index (χ1v) is 9.34. The van der Waals surface area contributed by atoms with Crippen molar-refractivity contribution in [2.45, 2.75) is 0 Å². The molecule has 4 heteroatoms. The van der Waals surface area contributed by atoms with E-state index in [0.29, 0.717) is 5.46 Å². The maximum Gasteiger partial charge on any atom is 0.489 e. The molecule has 0 spiro atoms. The SMILES string of the molecule is OB(O)c1ccc(-c2cccc3c2sc2ccccc23)c2ccccc12. The summed E-state index contributed by atoms with van der Waals surface area (Å²) in [5.74, 6) is 0. The lowest BCUT2D eigenvalue weighted by molar-refractivity contribution is 0.426. The highest BCUT2D eigenvalue weighted by atomic mass is 32.1. The minimum absolute atomic E-state index is 0.535. The van der Waals surface area contributed by atoms with Crippen molar-refractivity contribution in [3.8, 4) is 11.1 Å². The van der Waals surface area contributed by atoms with Crippen molar-refractivity contribution in [2.24, 2.45) is 0 Å². The number of rotatable bonds is 2. The smallest absolute Gasteiger partial charge is 0.423 e.